The van der Waals surface area contributed by atoms with Crippen molar-refractivity contribution in [2.75, 3.05) is 13.2 Å². The molecule has 5 rings (SSSR count). The maximum Gasteiger partial charge on any atom is 0.261 e. The SMILES string of the molecule is O=c1c2ccc(C3=CCCC3)cc2nc2n1CCC1(CC2)OCCO1. The average Bonchev–Trinajstić information content (AvgIpc) is 3.28. The lowest BCUT2D eigenvalue weighted by atomic mass is 10.0. The van der Waals surface area contributed by atoms with Crippen molar-refractivity contribution in [2.45, 2.75) is 50.9 Å². The number of nitrogens with zero attached hydrogens (tertiary/aromatic N) is 2. The lowest BCUT2D eigenvalue weighted by molar-refractivity contribution is -0.165. The highest BCUT2D eigenvalue weighted by Gasteiger charge is 2.38. The predicted molar refractivity (Wildman–Crippen MR) is 95.4 cm³/mol. The number of ether oxygens (including phenoxy) is 2. The van der Waals surface area contributed by atoms with Crippen LogP contribution >= 0.6 is 0 Å². The van der Waals surface area contributed by atoms with Gasteiger partial charge in [-0.2, -0.15) is 0 Å². The fourth-order valence-corrected chi connectivity index (χ4v) is 4.32. The molecule has 5 heteroatoms. The molecule has 3 heterocycles. The third-order valence-electron chi connectivity index (χ3n) is 5.71. The van der Waals surface area contributed by atoms with Crippen molar-refractivity contribution in [3.8, 4) is 0 Å². The molecule has 1 aliphatic carbocycles. The van der Waals surface area contributed by atoms with E-state index in [-0.39, 0.29) is 5.56 Å². The maximum atomic E-state index is 13.0. The number of aromatic nitrogens is 2. The van der Waals surface area contributed by atoms with Gasteiger partial charge in [-0.25, -0.2) is 4.98 Å². The molecule has 0 unspecified atom stereocenters. The second-order valence-corrected chi connectivity index (χ2v) is 7.20. The molecule has 0 bridgehead atoms. The maximum absolute atomic E-state index is 13.0. The number of hydrogen-bond acceptors (Lipinski definition) is 4. The molecule has 0 radical (unpaired) electrons. The van der Waals surface area contributed by atoms with Crippen molar-refractivity contribution in [3.05, 3.63) is 46.0 Å². The van der Waals surface area contributed by atoms with Gasteiger partial charge in [0.1, 0.15) is 5.82 Å². The molecule has 0 saturated carbocycles. The largest absolute Gasteiger partial charge is 0.347 e. The van der Waals surface area contributed by atoms with Crippen molar-refractivity contribution in [1.29, 1.82) is 0 Å². The van der Waals surface area contributed by atoms with E-state index in [1.807, 2.05) is 10.6 Å². The molecule has 3 aliphatic rings. The molecular formula is C20H22N2O3. The highest BCUT2D eigenvalue weighted by atomic mass is 16.7. The second kappa shape index (κ2) is 5.78. The van der Waals surface area contributed by atoms with E-state index in [1.54, 1.807) is 0 Å². The van der Waals surface area contributed by atoms with Crippen LogP contribution in [0.25, 0.3) is 16.5 Å². The third-order valence-corrected chi connectivity index (χ3v) is 5.71. The Bertz CT molecular complexity index is 922. The summed E-state index contributed by atoms with van der Waals surface area (Å²) in [6.45, 7) is 1.88. The number of hydrogen-bond donors (Lipinski definition) is 0. The van der Waals surface area contributed by atoms with Gasteiger partial charge in [0.25, 0.3) is 5.56 Å². The minimum Gasteiger partial charge on any atom is -0.347 e. The molecule has 1 aromatic heterocycles. The Morgan fingerprint density at radius 1 is 1.12 bits per heavy atom. The first kappa shape index (κ1) is 15.3. The zero-order valence-electron chi connectivity index (χ0n) is 14.3. The lowest BCUT2D eigenvalue weighted by Gasteiger charge is -2.24. The number of rotatable bonds is 1. The Labute approximate surface area is 146 Å². The van der Waals surface area contributed by atoms with Gasteiger partial charge in [0.2, 0.25) is 0 Å². The molecule has 1 fully saturated rings. The van der Waals surface area contributed by atoms with Gasteiger partial charge in [-0.15, -0.1) is 0 Å². The molecular weight excluding hydrogens is 316 g/mol. The molecule has 0 N–H and O–H groups in total. The van der Waals surface area contributed by atoms with Crippen LogP contribution in [0.3, 0.4) is 0 Å². The van der Waals surface area contributed by atoms with Gasteiger partial charge in [0.15, 0.2) is 5.79 Å². The van der Waals surface area contributed by atoms with E-state index in [4.69, 9.17) is 14.5 Å². The Kier molecular flexibility index (Phi) is 3.54. The number of fused-ring (bicyclic) bond motifs is 2. The molecule has 2 aliphatic heterocycles. The fourth-order valence-electron chi connectivity index (χ4n) is 4.32. The van der Waals surface area contributed by atoms with Crippen LogP contribution in [-0.4, -0.2) is 28.6 Å². The van der Waals surface area contributed by atoms with Gasteiger partial charge in [0, 0.05) is 25.8 Å². The molecule has 25 heavy (non-hydrogen) atoms. The first-order chi connectivity index (χ1) is 12.2. The lowest BCUT2D eigenvalue weighted by Crippen LogP contribution is -2.31. The summed E-state index contributed by atoms with van der Waals surface area (Å²) in [5.41, 5.74) is 3.45. The first-order valence-electron chi connectivity index (χ1n) is 9.25. The normalized spacial score (nSPS) is 22.2. The average molecular weight is 338 g/mol. The molecule has 2 aromatic rings. The van der Waals surface area contributed by atoms with Crippen molar-refractivity contribution < 1.29 is 9.47 Å². The van der Waals surface area contributed by atoms with Crippen molar-refractivity contribution in [3.63, 3.8) is 0 Å². The van der Waals surface area contributed by atoms with Gasteiger partial charge in [-0.3, -0.25) is 9.36 Å². The van der Waals surface area contributed by atoms with Crippen LogP contribution < -0.4 is 5.56 Å². The van der Waals surface area contributed by atoms with Crippen LogP contribution in [0.2, 0.25) is 0 Å². The molecule has 1 aromatic carbocycles. The molecule has 0 amide bonds. The monoisotopic (exact) mass is 338 g/mol. The zero-order chi connectivity index (χ0) is 16.9. The van der Waals surface area contributed by atoms with Gasteiger partial charge in [-0.05, 0) is 42.5 Å². The number of allylic oxidation sites excluding steroid dienone is 2. The van der Waals surface area contributed by atoms with Crippen LogP contribution in [0.4, 0.5) is 0 Å². The van der Waals surface area contributed by atoms with Crippen molar-refractivity contribution in [1.82, 2.24) is 9.55 Å². The summed E-state index contributed by atoms with van der Waals surface area (Å²) in [5.74, 6) is 0.331. The fraction of sp³-hybridized carbons (Fsp3) is 0.500. The van der Waals surface area contributed by atoms with E-state index in [0.29, 0.717) is 38.0 Å². The Morgan fingerprint density at radius 3 is 2.80 bits per heavy atom. The van der Waals surface area contributed by atoms with Gasteiger partial charge in [-0.1, -0.05) is 12.1 Å². The van der Waals surface area contributed by atoms with Crippen molar-refractivity contribution in [2.24, 2.45) is 0 Å². The summed E-state index contributed by atoms with van der Waals surface area (Å²) in [6.07, 6.45) is 7.96. The van der Waals surface area contributed by atoms with E-state index in [1.165, 1.54) is 17.6 Å². The summed E-state index contributed by atoms with van der Waals surface area (Å²) in [5, 5.41) is 0.704. The van der Waals surface area contributed by atoms with Gasteiger partial charge >= 0.3 is 0 Å². The van der Waals surface area contributed by atoms with Crippen molar-refractivity contribution >= 4 is 16.5 Å². The molecule has 1 saturated heterocycles. The van der Waals surface area contributed by atoms with Gasteiger partial charge < -0.3 is 9.47 Å². The summed E-state index contributed by atoms with van der Waals surface area (Å²) >= 11 is 0. The number of aryl methyl sites for hydroxylation is 1. The van der Waals surface area contributed by atoms with Crippen LogP contribution in [0.5, 0.6) is 0 Å². The van der Waals surface area contributed by atoms with Gasteiger partial charge in [0.05, 0.1) is 24.1 Å². The standard InChI is InChI=1S/C20H22N2O3/c23-19-16-6-5-15(14-3-1-2-4-14)13-17(16)21-18-7-8-20(9-10-22(18)19)24-11-12-25-20/h3,5-6,13H,1-2,4,7-12H2. The highest BCUT2D eigenvalue weighted by Crippen LogP contribution is 2.32. The quantitative estimate of drug-likeness (QED) is 0.802. The molecule has 130 valence electrons. The van der Waals surface area contributed by atoms with E-state index >= 15 is 0 Å². The first-order valence-corrected chi connectivity index (χ1v) is 9.25. The predicted octanol–water partition coefficient (Wildman–Crippen LogP) is 3.04. The topological polar surface area (TPSA) is 53.4 Å². The van der Waals surface area contributed by atoms with E-state index < -0.39 is 5.79 Å². The Morgan fingerprint density at radius 2 is 2.00 bits per heavy atom. The second-order valence-electron chi connectivity index (χ2n) is 7.20. The van der Waals surface area contributed by atoms with E-state index in [9.17, 15) is 4.79 Å². The molecule has 5 nitrogen and oxygen atoms in total. The third kappa shape index (κ3) is 2.53. The van der Waals surface area contributed by atoms with E-state index in [2.05, 4.69) is 18.2 Å². The minimum absolute atomic E-state index is 0.0574. The Balaban J connectivity index is 1.58. The summed E-state index contributed by atoms with van der Waals surface area (Å²) < 4.78 is 13.5. The van der Waals surface area contributed by atoms with Crippen LogP contribution in [-0.2, 0) is 22.4 Å². The smallest absolute Gasteiger partial charge is 0.261 e. The van der Waals surface area contributed by atoms with E-state index in [0.717, 1.165) is 30.6 Å². The summed E-state index contributed by atoms with van der Waals surface area (Å²) in [6, 6.07) is 6.09. The molecule has 1 spiro atoms. The Hall–Kier alpha value is -1.98. The minimum atomic E-state index is -0.522. The van der Waals surface area contributed by atoms with Crippen LogP contribution in [0.15, 0.2) is 29.1 Å². The summed E-state index contributed by atoms with van der Waals surface area (Å²) in [4.78, 5) is 17.8. The molecule has 0 atom stereocenters. The number of benzene rings is 1. The summed E-state index contributed by atoms with van der Waals surface area (Å²) in [7, 11) is 0. The van der Waals surface area contributed by atoms with Crippen LogP contribution in [0, 0.1) is 0 Å². The zero-order valence-corrected chi connectivity index (χ0v) is 14.3. The van der Waals surface area contributed by atoms with Crippen LogP contribution in [0.1, 0.15) is 43.5 Å². The highest BCUT2D eigenvalue weighted by molar-refractivity contribution is 5.83.